The van der Waals surface area contributed by atoms with Gasteiger partial charge < -0.3 is 8.98 Å². The first-order valence-corrected chi connectivity index (χ1v) is 6.70. The molecule has 4 nitrogen and oxygen atoms in total. The lowest BCUT2D eigenvalue weighted by Gasteiger charge is -1.97. The fourth-order valence-corrected chi connectivity index (χ4v) is 2.24. The highest BCUT2D eigenvalue weighted by Gasteiger charge is 2.12. The number of rotatable bonds is 3. The molecular formula is C15H14ClN3O. The standard InChI is InChI=1S/C15H14ClN3O/c1-10-7-19(9-17-10)8-14-11(2)20-15(18-14)12-4-3-5-13(16)6-12/h3-7,9H,8H2,1-2H3. The maximum atomic E-state index is 5.99. The average molecular weight is 288 g/mol. The lowest BCUT2D eigenvalue weighted by atomic mass is 10.2. The van der Waals surface area contributed by atoms with Crippen LogP contribution in [0.1, 0.15) is 17.1 Å². The van der Waals surface area contributed by atoms with Gasteiger partial charge in [-0.2, -0.15) is 0 Å². The molecule has 0 amide bonds. The van der Waals surface area contributed by atoms with Gasteiger partial charge in [-0.15, -0.1) is 0 Å². The normalized spacial score (nSPS) is 10.9. The predicted molar refractivity (Wildman–Crippen MR) is 77.8 cm³/mol. The van der Waals surface area contributed by atoms with Gasteiger partial charge in [0.05, 0.1) is 18.6 Å². The molecule has 20 heavy (non-hydrogen) atoms. The van der Waals surface area contributed by atoms with Crippen LogP contribution in [0.3, 0.4) is 0 Å². The van der Waals surface area contributed by atoms with Crippen LogP contribution < -0.4 is 0 Å². The van der Waals surface area contributed by atoms with E-state index >= 15 is 0 Å². The van der Waals surface area contributed by atoms with E-state index in [1.54, 1.807) is 6.33 Å². The number of hydrogen-bond acceptors (Lipinski definition) is 3. The van der Waals surface area contributed by atoms with E-state index < -0.39 is 0 Å². The van der Waals surface area contributed by atoms with Crippen LogP contribution in [-0.2, 0) is 6.54 Å². The van der Waals surface area contributed by atoms with Gasteiger partial charge in [-0.1, -0.05) is 17.7 Å². The summed E-state index contributed by atoms with van der Waals surface area (Å²) < 4.78 is 7.72. The van der Waals surface area contributed by atoms with Crippen molar-refractivity contribution in [2.75, 3.05) is 0 Å². The van der Waals surface area contributed by atoms with Gasteiger partial charge in [0.1, 0.15) is 11.5 Å². The number of aromatic nitrogens is 3. The fraction of sp³-hybridized carbons (Fsp3) is 0.200. The van der Waals surface area contributed by atoms with Gasteiger partial charge in [0.15, 0.2) is 0 Å². The average Bonchev–Trinajstić information content (AvgIpc) is 2.97. The number of benzene rings is 1. The fourth-order valence-electron chi connectivity index (χ4n) is 2.05. The molecule has 3 rings (SSSR count). The topological polar surface area (TPSA) is 43.9 Å². The van der Waals surface area contributed by atoms with Gasteiger partial charge in [-0.3, -0.25) is 0 Å². The summed E-state index contributed by atoms with van der Waals surface area (Å²) in [5.74, 6) is 1.41. The van der Waals surface area contributed by atoms with Gasteiger partial charge in [-0.05, 0) is 32.0 Å². The Balaban J connectivity index is 1.91. The zero-order valence-corrected chi connectivity index (χ0v) is 12.1. The Morgan fingerprint density at radius 3 is 2.85 bits per heavy atom. The molecule has 0 saturated carbocycles. The molecule has 5 heteroatoms. The Kier molecular flexibility index (Phi) is 3.32. The van der Waals surface area contributed by atoms with Gasteiger partial charge in [0.2, 0.25) is 5.89 Å². The van der Waals surface area contributed by atoms with Gasteiger partial charge >= 0.3 is 0 Å². The van der Waals surface area contributed by atoms with Crippen molar-refractivity contribution in [3.63, 3.8) is 0 Å². The Morgan fingerprint density at radius 1 is 1.30 bits per heavy atom. The van der Waals surface area contributed by atoms with E-state index in [0.29, 0.717) is 17.5 Å². The minimum Gasteiger partial charge on any atom is -0.441 e. The molecular weight excluding hydrogens is 274 g/mol. The maximum absolute atomic E-state index is 5.99. The summed E-state index contributed by atoms with van der Waals surface area (Å²) in [5.41, 5.74) is 2.77. The lowest BCUT2D eigenvalue weighted by Crippen LogP contribution is -1.98. The summed E-state index contributed by atoms with van der Waals surface area (Å²) in [6, 6.07) is 7.49. The molecule has 1 aromatic carbocycles. The van der Waals surface area contributed by atoms with E-state index in [1.165, 1.54) is 0 Å². The highest BCUT2D eigenvalue weighted by atomic mass is 35.5. The Morgan fingerprint density at radius 2 is 2.15 bits per heavy atom. The number of oxazole rings is 1. The second-order valence-electron chi connectivity index (χ2n) is 4.72. The van der Waals surface area contributed by atoms with E-state index in [-0.39, 0.29) is 0 Å². The van der Waals surface area contributed by atoms with E-state index in [9.17, 15) is 0 Å². The molecule has 0 atom stereocenters. The molecule has 2 heterocycles. The molecule has 0 fully saturated rings. The molecule has 3 aromatic rings. The van der Waals surface area contributed by atoms with Crippen LogP contribution in [0, 0.1) is 13.8 Å². The third-order valence-electron chi connectivity index (χ3n) is 3.06. The molecule has 0 unspecified atom stereocenters. The molecule has 0 spiro atoms. The van der Waals surface area contributed by atoms with E-state index in [2.05, 4.69) is 9.97 Å². The summed E-state index contributed by atoms with van der Waals surface area (Å²) in [7, 11) is 0. The number of imidazole rings is 1. The Hall–Kier alpha value is -2.07. The SMILES string of the molecule is Cc1cn(Cc2nc(-c3cccc(Cl)c3)oc2C)cn1. The van der Waals surface area contributed by atoms with Crippen molar-refractivity contribution in [1.82, 2.24) is 14.5 Å². The lowest BCUT2D eigenvalue weighted by molar-refractivity contribution is 0.538. The molecule has 0 N–H and O–H groups in total. The third kappa shape index (κ3) is 2.60. The molecule has 0 radical (unpaired) electrons. The van der Waals surface area contributed by atoms with Gasteiger partial charge in [-0.25, -0.2) is 9.97 Å². The monoisotopic (exact) mass is 287 g/mol. The summed E-state index contributed by atoms with van der Waals surface area (Å²) in [5, 5.41) is 0.671. The van der Waals surface area contributed by atoms with Crippen molar-refractivity contribution >= 4 is 11.6 Å². The van der Waals surface area contributed by atoms with Crippen molar-refractivity contribution in [2.24, 2.45) is 0 Å². The van der Waals surface area contributed by atoms with Crippen LogP contribution in [0.25, 0.3) is 11.5 Å². The zero-order valence-electron chi connectivity index (χ0n) is 11.3. The zero-order chi connectivity index (χ0) is 14.1. The summed E-state index contributed by atoms with van der Waals surface area (Å²) >= 11 is 5.99. The van der Waals surface area contributed by atoms with Crippen LogP contribution >= 0.6 is 11.6 Å². The van der Waals surface area contributed by atoms with Crippen molar-refractivity contribution < 1.29 is 4.42 Å². The van der Waals surface area contributed by atoms with Gasteiger partial charge in [0.25, 0.3) is 0 Å². The first-order valence-electron chi connectivity index (χ1n) is 6.32. The van der Waals surface area contributed by atoms with Crippen LogP contribution in [0.5, 0.6) is 0 Å². The molecule has 102 valence electrons. The van der Waals surface area contributed by atoms with Crippen LogP contribution in [0.4, 0.5) is 0 Å². The van der Waals surface area contributed by atoms with E-state index in [0.717, 1.165) is 22.7 Å². The first-order chi connectivity index (χ1) is 9.61. The van der Waals surface area contributed by atoms with Crippen LogP contribution in [0.15, 0.2) is 41.2 Å². The smallest absolute Gasteiger partial charge is 0.226 e. The summed E-state index contributed by atoms with van der Waals surface area (Å²) in [6.07, 6.45) is 3.77. The third-order valence-corrected chi connectivity index (χ3v) is 3.29. The van der Waals surface area contributed by atoms with Crippen molar-refractivity contribution in [1.29, 1.82) is 0 Å². The molecule has 0 saturated heterocycles. The highest BCUT2D eigenvalue weighted by molar-refractivity contribution is 6.30. The number of hydrogen-bond donors (Lipinski definition) is 0. The van der Waals surface area contributed by atoms with E-state index in [1.807, 2.05) is 48.9 Å². The number of aryl methyl sites for hydroxylation is 2. The van der Waals surface area contributed by atoms with Crippen molar-refractivity contribution in [2.45, 2.75) is 20.4 Å². The minimum absolute atomic E-state index is 0.594. The summed E-state index contributed by atoms with van der Waals surface area (Å²) in [6.45, 7) is 4.53. The van der Waals surface area contributed by atoms with Crippen molar-refractivity contribution in [3.05, 3.63) is 59.0 Å². The van der Waals surface area contributed by atoms with Crippen LogP contribution in [-0.4, -0.2) is 14.5 Å². The molecule has 2 aromatic heterocycles. The number of nitrogens with zero attached hydrogens (tertiary/aromatic N) is 3. The molecule has 0 aliphatic rings. The first kappa shape index (κ1) is 12.9. The van der Waals surface area contributed by atoms with E-state index in [4.69, 9.17) is 16.0 Å². The maximum Gasteiger partial charge on any atom is 0.226 e. The molecule has 0 aliphatic heterocycles. The molecule has 0 aliphatic carbocycles. The largest absolute Gasteiger partial charge is 0.441 e. The second-order valence-corrected chi connectivity index (χ2v) is 5.16. The van der Waals surface area contributed by atoms with Crippen LogP contribution in [0.2, 0.25) is 5.02 Å². The Bertz CT molecular complexity index is 745. The van der Waals surface area contributed by atoms with Crippen molar-refractivity contribution in [3.8, 4) is 11.5 Å². The second kappa shape index (κ2) is 5.13. The summed E-state index contributed by atoms with van der Waals surface area (Å²) in [4.78, 5) is 8.76. The highest BCUT2D eigenvalue weighted by Crippen LogP contribution is 2.24. The Labute approximate surface area is 122 Å². The molecule has 0 bridgehead atoms. The minimum atomic E-state index is 0.594. The quantitative estimate of drug-likeness (QED) is 0.735. The number of halogens is 1. The van der Waals surface area contributed by atoms with Gasteiger partial charge in [0, 0.05) is 16.8 Å². The predicted octanol–water partition coefficient (Wildman–Crippen LogP) is 3.86.